The Hall–Kier alpha value is -3.45. The van der Waals surface area contributed by atoms with Gasteiger partial charge in [-0.25, -0.2) is 19.9 Å². The van der Waals surface area contributed by atoms with E-state index in [4.69, 9.17) is 0 Å². The van der Waals surface area contributed by atoms with Crippen LogP contribution in [-0.4, -0.2) is 29.5 Å². The molecule has 0 bridgehead atoms. The second-order valence-electron chi connectivity index (χ2n) is 6.49. The van der Waals surface area contributed by atoms with E-state index < -0.39 is 0 Å². The number of rotatable bonds is 6. The predicted octanol–water partition coefficient (Wildman–Crippen LogP) is 3.28. The minimum Gasteiger partial charge on any atom is -0.305 e. The third kappa shape index (κ3) is 3.79. The van der Waals surface area contributed by atoms with Gasteiger partial charge < -0.3 is 5.32 Å². The van der Waals surface area contributed by atoms with Gasteiger partial charge in [-0.15, -0.1) is 0 Å². The summed E-state index contributed by atoms with van der Waals surface area (Å²) in [4.78, 5) is 21.9. The Morgan fingerprint density at radius 1 is 1.00 bits per heavy atom. The summed E-state index contributed by atoms with van der Waals surface area (Å²) in [7, 11) is 0. The molecule has 0 saturated carbocycles. The highest BCUT2D eigenvalue weighted by Crippen LogP contribution is 2.20. The molecular weight excluding hydrogens is 350 g/mol. The van der Waals surface area contributed by atoms with E-state index in [1.165, 1.54) is 0 Å². The Labute approximate surface area is 163 Å². The summed E-state index contributed by atoms with van der Waals surface area (Å²) in [6.45, 7) is 4.81. The van der Waals surface area contributed by atoms with Crippen LogP contribution in [0, 0.1) is 6.92 Å². The van der Waals surface area contributed by atoms with Gasteiger partial charge in [-0.05, 0) is 44.2 Å². The maximum absolute atomic E-state index is 4.67. The van der Waals surface area contributed by atoms with E-state index in [1.807, 2.05) is 48.1 Å². The zero-order valence-corrected chi connectivity index (χ0v) is 15.8. The molecule has 4 aromatic heterocycles. The molecule has 0 saturated heterocycles. The lowest BCUT2D eigenvalue weighted by Crippen LogP contribution is -2.21. The molecule has 0 spiro atoms. The smallest absolute Gasteiger partial charge is 0.233 e. The highest BCUT2D eigenvalue weighted by molar-refractivity contribution is 5.53. The van der Waals surface area contributed by atoms with Crippen LogP contribution in [0.25, 0.3) is 17.3 Å². The van der Waals surface area contributed by atoms with Crippen molar-refractivity contribution in [3.05, 3.63) is 84.5 Å². The number of nitrogens with one attached hydrogen (secondary N) is 1. The van der Waals surface area contributed by atoms with E-state index in [0.717, 1.165) is 22.5 Å². The summed E-state index contributed by atoms with van der Waals surface area (Å²) in [5.74, 6) is 1.38. The lowest BCUT2D eigenvalue weighted by atomic mass is 10.1. The maximum Gasteiger partial charge on any atom is 0.233 e. The second kappa shape index (κ2) is 8.06. The number of aryl methyl sites for hydroxylation is 1. The standard InChI is InChI=1S/C21H21N7/c1-15(19-14-26-20(27-16(19)2)17-6-10-22-11-7-17)25-13-18-5-3-12-28(18)21-23-8-4-9-24-21/h3-12,14-15,25H,13H2,1-2H3/t15-/m0/s1. The fourth-order valence-electron chi connectivity index (χ4n) is 3.08. The molecule has 0 aromatic carbocycles. The predicted molar refractivity (Wildman–Crippen MR) is 107 cm³/mol. The molecule has 7 heteroatoms. The molecule has 7 nitrogen and oxygen atoms in total. The Morgan fingerprint density at radius 3 is 2.54 bits per heavy atom. The van der Waals surface area contributed by atoms with Crippen molar-refractivity contribution in [3.8, 4) is 17.3 Å². The lowest BCUT2D eigenvalue weighted by molar-refractivity contribution is 0.555. The van der Waals surface area contributed by atoms with E-state index in [1.54, 1.807) is 24.8 Å². The van der Waals surface area contributed by atoms with Crippen molar-refractivity contribution in [1.29, 1.82) is 0 Å². The van der Waals surface area contributed by atoms with Gasteiger partial charge in [-0.3, -0.25) is 9.55 Å². The van der Waals surface area contributed by atoms with Gasteiger partial charge in [0, 0.05) is 72.3 Å². The fourth-order valence-corrected chi connectivity index (χ4v) is 3.08. The lowest BCUT2D eigenvalue weighted by Gasteiger charge is -2.17. The summed E-state index contributed by atoms with van der Waals surface area (Å²) in [6, 6.07) is 9.80. The average Bonchev–Trinajstić information content (AvgIpc) is 3.22. The van der Waals surface area contributed by atoms with Gasteiger partial charge in [-0.1, -0.05) is 0 Å². The molecule has 4 aromatic rings. The molecule has 0 unspecified atom stereocenters. The quantitative estimate of drug-likeness (QED) is 0.560. The number of hydrogen-bond acceptors (Lipinski definition) is 6. The van der Waals surface area contributed by atoms with Crippen LogP contribution >= 0.6 is 0 Å². The molecule has 1 N–H and O–H groups in total. The molecular formula is C21H21N7. The molecule has 0 amide bonds. The second-order valence-corrected chi connectivity index (χ2v) is 6.49. The molecule has 28 heavy (non-hydrogen) atoms. The SMILES string of the molecule is Cc1nc(-c2ccncc2)ncc1[C@H](C)NCc1cccn1-c1ncccn1. The molecule has 0 aliphatic rings. The van der Waals surface area contributed by atoms with Gasteiger partial charge in [0.1, 0.15) is 0 Å². The molecule has 0 fully saturated rings. The molecule has 0 radical (unpaired) electrons. The normalized spacial score (nSPS) is 12.1. The van der Waals surface area contributed by atoms with Crippen molar-refractivity contribution < 1.29 is 0 Å². The van der Waals surface area contributed by atoms with Crippen LogP contribution in [0.3, 0.4) is 0 Å². The van der Waals surface area contributed by atoms with Crippen molar-refractivity contribution in [3.63, 3.8) is 0 Å². The van der Waals surface area contributed by atoms with Crippen LogP contribution in [0.5, 0.6) is 0 Å². The average molecular weight is 371 g/mol. The molecule has 4 rings (SSSR count). The minimum absolute atomic E-state index is 0.103. The Kier molecular flexibility index (Phi) is 5.16. The largest absolute Gasteiger partial charge is 0.305 e. The number of aromatic nitrogens is 6. The Bertz CT molecular complexity index is 1040. The first-order chi connectivity index (χ1) is 13.7. The van der Waals surface area contributed by atoms with E-state index in [-0.39, 0.29) is 6.04 Å². The Morgan fingerprint density at radius 2 is 1.79 bits per heavy atom. The highest BCUT2D eigenvalue weighted by Gasteiger charge is 2.13. The van der Waals surface area contributed by atoms with Crippen molar-refractivity contribution in [2.24, 2.45) is 0 Å². The van der Waals surface area contributed by atoms with Crippen molar-refractivity contribution in [2.75, 3.05) is 0 Å². The van der Waals surface area contributed by atoms with Crippen LogP contribution in [0.1, 0.15) is 29.9 Å². The van der Waals surface area contributed by atoms with Crippen LogP contribution < -0.4 is 5.32 Å². The maximum atomic E-state index is 4.67. The molecule has 0 aliphatic heterocycles. The summed E-state index contributed by atoms with van der Waals surface area (Å²) in [6.07, 6.45) is 10.8. The fraction of sp³-hybridized carbons (Fsp3) is 0.190. The zero-order valence-electron chi connectivity index (χ0n) is 15.8. The minimum atomic E-state index is 0.103. The van der Waals surface area contributed by atoms with Crippen LogP contribution in [0.15, 0.2) is 67.5 Å². The van der Waals surface area contributed by atoms with Crippen LogP contribution in [-0.2, 0) is 6.54 Å². The van der Waals surface area contributed by atoms with Crippen molar-refractivity contribution in [1.82, 2.24) is 34.8 Å². The third-order valence-electron chi connectivity index (χ3n) is 4.61. The zero-order chi connectivity index (χ0) is 19.3. The molecule has 0 aliphatic carbocycles. The molecule has 140 valence electrons. The summed E-state index contributed by atoms with van der Waals surface area (Å²) >= 11 is 0. The number of pyridine rings is 1. The van der Waals surface area contributed by atoms with Crippen molar-refractivity contribution >= 4 is 0 Å². The Balaban J connectivity index is 1.48. The molecule has 4 heterocycles. The molecule has 1 atom stereocenters. The van der Waals surface area contributed by atoms with Gasteiger partial charge in [0.15, 0.2) is 5.82 Å². The van der Waals surface area contributed by atoms with Gasteiger partial charge >= 0.3 is 0 Å². The van der Waals surface area contributed by atoms with Crippen LogP contribution in [0.4, 0.5) is 0 Å². The number of hydrogen-bond donors (Lipinski definition) is 1. The first kappa shape index (κ1) is 17.9. The first-order valence-corrected chi connectivity index (χ1v) is 9.13. The van der Waals surface area contributed by atoms with Crippen LogP contribution in [0.2, 0.25) is 0 Å². The van der Waals surface area contributed by atoms with Gasteiger partial charge in [0.05, 0.1) is 0 Å². The van der Waals surface area contributed by atoms with E-state index in [2.05, 4.69) is 43.2 Å². The number of nitrogens with zero attached hydrogens (tertiary/aromatic N) is 6. The van der Waals surface area contributed by atoms with Gasteiger partial charge in [-0.2, -0.15) is 0 Å². The van der Waals surface area contributed by atoms with E-state index in [9.17, 15) is 0 Å². The monoisotopic (exact) mass is 371 g/mol. The van der Waals surface area contributed by atoms with E-state index in [0.29, 0.717) is 18.3 Å². The van der Waals surface area contributed by atoms with Gasteiger partial charge in [0.2, 0.25) is 5.95 Å². The first-order valence-electron chi connectivity index (χ1n) is 9.13. The summed E-state index contributed by atoms with van der Waals surface area (Å²) in [5, 5.41) is 3.55. The van der Waals surface area contributed by atoms with Gasteiger partial charge in [0.25, 0.3) is 0 Å². The summed E-state index contributed by atoms with van der Waals surface area (Å²) in [5.41, 5.74) is 4.09. The highest BCUT2D eigenvalue weighted by atomic mass is 15.2. The third-order valence-corrected chi connectivity index (χ3v) is 4.61. The van der Waals surface area contributed by atoms with Crippen molar-refractivity contribution in [2.45, 2.75) is 26.4 Å². The van der Waals surface area contributed by atoms with E-state index >= 15 is 0 Å². The topological polar surface area (TPSA) is 81.4 Å². The summed E-state index contributed by atoms with van der Waals surface area (Å²) < 4.78 is 1.98.